The van der Waals surface area contributed by atoms with Crippen molar-refractivity contribution in [2.24, 2.45) is 0 Å². The van der Waals surface area contributed by atoms with Gasteiger partial charge in [0.25, 0.3) is 0 Å². The number of anilines is 1. The summed E-state index contributed by atoms with van der Waals surface area (Å²) in [5.74, 6) is 0.210. The van der Waals surface area contributed by atoms with E-state index >= 15 is 0 Å². The molecule has 0 saturated carbocycles. The highest BCUT2D eigenvalue weighted by molar-refractivity contribution is 5.92. The Morgan fingerprint density at radius 3 is 2.41 bits per heavy atom. The lowest BCUT2D eigenvalue weighted by molar-refractivity contribution is -0.135. The molecule has 7 nitrogen and oxygen atoms in total. The first kappa shape index (κ1) is 25.1. The smallest absolute Gasteiger partial charge is 0.225 e. The normalized spacial score (nSPS) is 24.1. The topological polar surface area (TPSA) is 62.3 Å². The second-order valence-corrected chi connectivity index (χ2v) is 9.89. The van der Waals surface area contributed by atoms with Crippen molar-refractivity contribution in [2.45, 2.75) is 77.0 Å². The number of amides is 2. The van der Waals surface area contributed by atoms with Crippen LogP contribution in [0.4, 0.5) is 5.69 Å². The van der Waals surface area contributed by atoms with Crippen molar-refractivity contribution in [1.29, 1.82) is 0 Å². The zero-order chi connectivity index (χ0) is 23.8. The lowest BCUT2D eigenvalue weighted by atomic mass is 10.0. The Hall–Kier alpha value is -1.96. The van der Waals surface area contributed by atoms with Gasteiger partial charge >= 0.3 is 0 Å². The van der Waals surface area contributed by atoms with E-state index in [1.807, 2.05) is 28.0 Å². The second-order valence-electron chi connectivity index (χ2n) is 9.89. The third-order valence-corrected chi connectivity index (χ3v) is 7.46. The van der Waals surface area contributed by atoms with Crippen LogP contribution in [0.1, 0.15) is 63.9 Å². The lowest BCUT2D eigenvalue weighted by Gasteiger charge is -2.36. The summed E-state index contributed by atoms with van der Waals surface area (Å²) >= 11 is 0. The van der Waals surface area contributed by atoms with Crippen LogP contribution in [0.3, 0.4) is 0 Å². The molecule has 0 aromatic heterocycles. The summed E-state index contributed by atoms with van der Waals surface area (Å²) in [7, 11) is 0. The molecule has 1 atom stereocenters. The maximum absolute atomic E-state index is 13.4. The van der Waals surface area contributed by atoms with Crippen LogP contribution in [0.15, 0.2) is 24.3 Å². The molecule has 0 aliphatic carbocycles. The van der Waals surface area contributed by atoms with E-state index in [-0.39, 0.29) is 17.9 Å². The van der Waals surface area contributed by atoms with E-state index in [1.165, 1.54) is 0 Å². The van der Waals surface area contributed by atoms with Crippen LogP contribution in [0.5, 0.6) is 0 Å². The molecule has 34 heavy (non-hydrogen) atoms. The molecule has 3 aliphatic rings. The van der Waals surface area contributed by atoms with Crippen LogP contribution >= 0.6 is 0 Å². The third kappa shape index (κ3) is 6.80. The zero-order valence-electron chi connectivity index (χ0n) is 20.8. The molecule has 2 amide bonds. The highest BCUT2D eigenvalue weighted by atomic mass is 16.5. The summed E-state index contributed by atoms with van der Waals surface area (Å²) in [6.45, 7) is 7.91. The fraction of sp³-hybridized carbons (Fsp3) is 0.704. The minimum absolute atomic E-state index is 0.0327. The van der Waals surface area contributed by atoms with Gasteiger partial charge in [0.2, 0.25) is 11.8 Å². The predicted octanol–water partition coefficient (Wildman–Crippen LogP) is 3.60. The molecule has 0 N–H and O–H groups in total. The van der Waals surface area contributed by atoms with Crippen LogP contribution in [0, 0.1) is 0 Å². The Morgan fingerprint density at radius 1 is 0.912 bits per heavy atom. The fourth-order valence-corrected chi connectivity index (χ4v) is 5.57. The number of fused-ring (bicyclic) bond motifs is 1. The van der Waals surface area contributed by atoms with Crippen LogP contribution in [0.25, 0.3) is 0 Å². The number of ether oxygens (including phenoxy) is 2. The summed E-state index contributed by atoms with van der Waals surface area (Å²) in [6.07, 6.45) is 7.67. The van der Waals surface area contributed by atoms with Crippen LogP contribution < -0.4 is 4.90 Å². The molecule has 188 valence electrons. The molecule has 1 aromatic carbocycles. The monoisotopic (exact) mass is 471 g/mol. The first-order valence-electron chi connectivity index (χ1n) is 13.2. The Morgan fingerprint density at radius 2 is 1.68 bits per heavy atom. The van der Waals surface area contributed by atoms with Gasteiger partial charge in [-0.3, -0.25) is 9.59 Å². The average molecular weight is 472 g/mol. The quantitative estimate of drug-likeness (QED) is 0.674. The van der Waals surface area contributed by atoms with Crippen molar-refractivity contribution in [2.75, 3.05) is 50.9 Å². The lowest BCUT2D eigenvalue weighted by Crippen LogP contribution is -2.44. The number of rotatable bonds is 3. The molecule has 7 heteroatoms. The van der Waals surface area contributed by atoms with Crippen molar-refractivity contribution in [1.82, 2.24) is 9.80 Å². The van der Waals surface area contributed by atoms with Gasteiger partial charge in [0, 0.05) is 71.2 Å². The number of hydrogen-bond donors (Lipinski definition) is 0. The van der Waals surface area contributed by atoms with Gasteiger partial charge < -0.3 is 24.2 Å². The standard InChI is InChI=1S/C27H41N3O4/c1-22(31)30-16-7-14-28(24-11-18-33-19-12-24)13-6-15-29(21-23-8-2-3-10-26(23)30)27(32)20-25-9-4-5-17-34-25/h2-3,8,10,24-25H,4-7,9,11-21H2,1H3. The number of hydrogen-bond acceptors (Lipinski definition) is 5. The van der Waals surface area contributed by atoms with Crippen LogP contribution in [0.2, 0.25) is 0 Å². The molecule has 1 aromatic rings. The molecule has 2 fully saturated rings. The fourth-order valence-electron chi connectivity index (χ4n) is 5.57. The number of para-hydroxylation sites is 1. The maximum atomic E-state index is 13.4. The minimum Gasteiger partial charge on any atom is -0.381 e. The summed E-state index contributed by atoms with van der Waals surface area (Å²) in [4.78, 5) is 32.5. The van der Waals surface area contributed by atoms with Gasteiger partial charge in [0.05, 0.1) is 12.5 Å². The van der Waals surface area contributed by atoms with Crippen LogP contribution in [-0.2, 0) is 25.6 Å². The average Bonchev–Trinajstić information content (AvgIpc) is 2.85. The largest absolute Gasteiger partial charge is 0.381 e. The molecular weight excluding hydrogens is 430 g/mol. The van der Waals surface area contributed by atoms with Crippen molar-refractivity contribution in [3.05, 3.63) is 29.8 Å². The highest BCUT2D eigenvalue weighted by Gasteiger charge is 2.26. The van der Waals surface area contributed by atoms with Gasteiger partial charge in [-0.15, -0.1) is 0 Å². The number of carbonyl (C=O) groups excluding carboxylic acids is 2. The number of benzene rings is 1. The molecule has 0 bridgehead atoms. The van der Waals surface area contributed by atoms with Gasteiger partial charge in [0.1, 0.15) is 0 Å². The predicted molar refractivity (Wildman–Crippen MR) is 133 cm³/mol. The van der Waals surface area contributed by atoms with E-state index in [1.54, 1.807) is 6.92 Å². The molecular formula is C27H41N3O4. The molecule has 3 aliphatic heterocycles. The minimum atomic E-state index is 0.0327. The summed E-state index contributed by atoms with van der Waals surface area (Å²) in [6, 6.07) is 8.59. The van der Waals surface area contributed by atoms with E-state index < -0.39 is 0 Å². The van der Waals surface area contributed by atoms with Gasteiger partial charge in [-0.05, 0) is 56.6 Å². The van der Waals surface area contributed by atoms with E-state index in [9.17, 15) is 9.59 Å². The Labute approximate surface area is 204 Å². The molecule has 0 radical (unpaired) electrons. The van der Waals surface area contributed by atoms with Gasteiger partial charge in [-0.25, -0.2) is 0 Å². The van der Waals surface area contributed by atoms with Crippen molar-refractivity contribution in [3.8, 4) is 0 Å². The second kappa shape index (κ2) is 12.7. The van der Waals surface area contributed by atoms with E-state index in [4.69, 9.17) is 9.47 Å². The SMILES string of the molecule is CC(=O)N1CCCN(C2CCOCC2)CCCN(C(=O)CC2CCCCO2)Cc2ccccc21. The summed E-state index contributed by atoms with van der Waals surface area (Å²) < 4.78 is 11.5. The third-order valence-electron chi connectivity index (χ3n) is 7.46. The van der Waals surface area contributed by atoms with Crippen molar-refractivity contribution in [3.63, 3.8) is 0 Å². The molecule has 3 heterocycles. The molecule has 0 spiro atoms. The van der Waals surface area contributed by atoms with E-state index in [2.05, 4.69) is 11.0 Å². The van der Waals surface area contributed by atoms with Gasteiger partial charge in [-0.1, -0.05) is 18.2 Å². The first-order valence-corrected chi connectivity index (χ1v) is 13.2. The summed E-state index contributed by atoms with van der Waals surface area (Å²) in [5.41, 5.74) is 1.97. The van der Waals surface area contributed by atoms with Crippen molar-refractivity contribution >= 4 is 17.5 Å². The Kier molecular flexibility index (Phi) is 9.36. The molecule has 2 saturated heterocycles. The zero-order valence-corrected chi connectivity index (χ0v) is 20.8. The molecule has 4 rings (SSSR count). The number of carbonyl (C=O) groups is 2. The van der Waals surface area contributed by atoms with E-state index in [0.29, 0.717) is 25.6 Å². The van der Waals surface area contributed by atoms with Crippen LogP contribution in [-0.4, -0.2) is 79.8 Å². The Bertz CT molecular complexity index is 805. The maximum Gasteiger partial charge on any atom is 0.225 e. The van der Waals surface area contributed by atoms with Gasteiger partial charge in [0.15, 0.2) is 0 Å². The highest BCUT2D eigenvalue weighted by Crippen LogP contribution is 2.25. The number of nitrogens with zero attached hydrogens (tertiary/aromatic N) is 3. The van der Waals surface area contributed by atoms with E-state index in [0.717, 1.165) is 95.7 Å². The summed E-state index contributed by atoms with van der Waals surface area (Å²) in [5, 5.41) is 0. The molecule has 1 unspecified atom stereocenters. The Balaban J connectivity index is 1.54. The van der Waals surface area contributed by atoms with Crippen molar-refractivity contribution < 1.29 is 19.1 Å². The first-order chi connectivity index (χ1) is 16.6. The van der Waals surface area contributed by atoms with Gasteiger partial charge in [-0.2, -0.15) is 0 Å².